The summed E-state index contributed by atoms with van der Waals surface area (Å²) in [6.45, 7) is 3.57. The highest BCUT2D eigenvalue weighted by molar-refractivity contribution is 6.08. The lowest BCUT2D eigenvalue weighted by Crippen LogP contribution is -2.42. The monoisotopic (exact) mass is 295 g/mol. The molecule has 1 aliphatic heterocycles. The highest BCUT2D eigenvalue weighted by atomic mass is 16.2. The van der Waals surface area contributed by atoms with Crippen LogP contribution in [0.4, 0.5) is 4.79 Å². The molecule has 3 rings (SSSR count). The fraction of sp³-hybridized carbons (Fsp3) is 0.235. The van der Waals surface area contributed by atoms with E-state index in [-0.39, 0.29) is 5.91 Å². The molecular formula is C17H17N3O2. The minimum absolute atomic E-state index is 0.323. The first kappa shape index (κ1) is 14.3. The Kier molecular flexibility index (Phi) is 3.41. The van der Waals surface area contributed by atoms with Crippen LogP contribution in [0.3, 0.4) is 0 Å². The van der Waals surface area contributed by atoms with Gasteiger partial charge in [-0.25, -0.2) is 4.79 Å². The number of hydrogen-bond acceptors (Lipinski definition) is 3. The molecule has 0 spiro atoms. The summed E-state index contributed by atoms with van der Waals surface area (Å²) in [6, 6.07) is 13.3. The highest BCUT2D eigenvalue weighted by Gasteiger charge is 2.46. The van der Waals surface area contributed by atoms with E-state index >= 15 is 0 Å². The first-order valence-electron chi connectivity index (χ1n) is 7.23. The summed E-state index contributed by atoms with van der Waals surface area (Å²) < 4.78 is 0. The lowest BCUT2D eigenvalue weighted by Gasteiger charge is -2.17. The van der Waals surface area contributed by atoms with Crippen molar-refractivity contribution in [1.82, 2.24) is 10.3 Å². The second-order valence-electron chi connectivity index (χ2n) is 5.55. The molecule has 1 fully saturated rings. The SMILES string of the molecule is CC[C@@]1(C)NC(=O)N(/N=C\c2cccc3ccccc23)C1=O. The maximum atomic E-state index is 12.3. The van der Waals surface area contributed by atoms with E-state index < -0.39 is 11.6 Å². The van der Waals surface area contributed by atoms with Gasteiger partial charge < -0.3 is 5.32 Å². The van der Waals surface area contributed by atoms with Crippen molar-refractivity contribution >= 4 is 28.9 Å². The van der Waals surface area contributed by atoms with Crippen LogP contribution in [0.25, 0.3) is 10.8 Å². The van der Waals surface area contributed by atoms with Crippen molar-refractivity contribution < 1.29 is 9.59 Å². The molecular weight excluding hydrogens is 278 g/mol. The molecule has 2 aromatic rings. The van der Waals surface area contributed by atoms with Crippen LogP contribution in [-0.4, -0.2) is 28.7 Å². The zero-order valence-corrected chi connectivity index (χ0v) is 12.5. The zero-order chi connectivity index (χ0) is 15.7. The van der Waals surface area contributed by atoms with Crippen molar-refractivity contribution in [2.45, 2.75) is 25.8 Å². The summed E-state index contributed by atoms with van der Waals surface area (Å²) in [5, 5.41) is 9.79. The first-order valence-corrected chi connectivity index (χ1v) is 7.23. The molecule has 2 aromatic carbocycles. The van der Waals surface area contributed by atoms with Crippen LogP contribution >= 0.6 is 0 Å². The van der Waals surface area contributed by atoms with Crippen LogP contribution in [0.1, 0.15) is 25.8 Å². The Labute approximate surface area is 128 Å². The standard InChI is InChI=1S/C17H17N3O2/c1-3-17(2)15(21)20(16(22)19-17)18-11-13-9-6-8-12-7-4-5-10-14(12)13/h4-11H,3H2,1-2H3,(H,19,22)/b18-11-/t17-/m1/s1. The minimum Gasteiger partial charge on any atom is -0.322 e. The molecule has 5 heteroatoms. The number of fused-ring (bicyclic) bond motifs is 1. The lowest BCUT2D eigenvalue weighted by molar-refractivity contribution is -0.130. The largest absolute Gasteiger partial charge is 0.346 e. The minimum atomic E-state index is -0.868. The summed E-state index contributed by atoms with van der Waals surface area (Å²) in [6.07, 6.45) is 2.08. The average Bonchev–Trinajstić information content (AvgIpc) is 2.75. The van der Waals surface area contributed by atoms with Crippen LogP contribution in [0.2, 0.25) is 0 Å². The van der Waals surface area contributed by atoms with Gasteiger partial charge >= 0.3 is 6.03 Å². The number of imide groups is 1. The Bertz CT molecular complexity index is 779. The molecule has 0 radical (unpaired) electrons. The van der Waals surface area contributed by atoms with E-state index in [1.165, 1.54) is 0 Å². The van der Waals surface area contributed by atoms with Crippen molar-refractivity contribution in [1.29, 1.82) is 0 Å². The summed E-state index contributed by atoms with van der Waals surface area (Å²) in [7, 11) is 0. The predicted molar refractivity (Wildman–Crippen MR) is 85.6 cm³/mol. The Morgan fingerprint density at radius 2 is 1.91 bits per heavy atom. The van der Waals surface area contributed by atoms with Crippen LogP contribution in [0.15, 0.2) is 47.6 Å². The number of hydrazone groups is 1. The van der Waals surface area contributed by atoms with E-state index in [2.05, 4.69) is 10.4 Å². The summed E-state index contributed by atoms with van der Waals surface area (Å²) in [5.41, 5.74) is -0.00325. The van der Waals surface area contributed by atoms with Crippen molar-refractivity contribution in [3.63, 3.8) is 0 Å². The number of rotatable bonds is 3. The van der Waals surface area contributed by atoms with Crippen molar-refractivity contribution in [3.05, 3.63) is 48.0 Å². The summed E-state index contributed by atoms with van der Waals surface area (Å²) >= 11 is 0. The first-order chi connectivity index (χ1) is 10.5. The molecule has 0 bridgehead atoms. The third-order valence-electron chi connectivity index (χ3n) is 4.08. The topological polar surface area (TPSA) is 61.8 Å². The fourth-order valence-corrected chi connectivity index (χ4v) is 2.50. The quantitative estimate of drug-likeness (QED) is 0.699. The number of carbonyl (C=O) groups excluding carboxylic acids is 2. The number of nitrogens with one attached hydrogen (secondary N) is 1. The van der Waals surface area contributed by atoms with Gasteiger partial charge in [-0.1, -0.05) is 49.4 Å². The molecule has 0 aromatic heterocycles. The summed E-state index contributed by atoms with van der Waals surface area (Å²) in [5.74, 6) is -0.323. The molecule has 112 valence electrons. The van der Waals surface area contributed by atoms with Gasteiger partial charge in [-0.3, -0.25) is 4.79 Å². The van der Waals surface area contributed by atoms with Crippen molar-refractivity contribution in [2.75, 3.05) is 0 Å². The van der Waals surface area contributed by atoms with Gasteiger partial charge in [0.2, 0.25) is 0 Å². The van der Waals surface area contributed by atoms with Crippen LogP contribution in [-0.2, 0) is 4.79 Å². The van der Waals surface area contributed by atoms with Crippen LogP contribution in [0.5, 0.6) is 0 Å². The lowest BCUT2D eigenvalue weighted by atomic mass is 10.00. The molecule has 1 atom stereocenters. The Hall–Kier alpha value is -2.69. The molecule has 1 saturated heterocycles. The van der Waals surface area contributed by atoms with Gasteiger partial charge in [-0.15, -0.1) is 5.01 Å². The third kappa shape index (κ3) is 2.24. The Morgan fingerprint density at radius 1 is 1.18 bits per heavy atom. The molecule has 0 unspecified atom stereocenters. The predicted octanol–water partition coefficient (Wildman–Crippen LogP) is 2.89. The van der Waals surface area contributed by atoms with E-state index in [9.17, 15) is 9.59 Å². The highest BCUT2D eigenvalue weighted by Crippen LogP contribution is 2.22. The van der Waals surface area contributed by atoms with Gasteiger partial charge in [0.1, 0.15) is 5.54 Å². The van der Waals surface area contributed by atoms with Crippen molar-refractivity contribution in [3.8, 4) is 0 Å². The normalized spacial score (nSPS) is 21.8. The second kappa shape index (κ2) is 5.26. The molecule has 3 amide bonds. The van der Waals surface area contributed by atoms with E-state index in [1.54, 1.807) is 13.1 Å². The number of amides is 3. The third-order valence-corrected chi connectivity index (χ3v) is 4.08. The fourth-order valence-electron chi connectivity index (χ4n) is 2.50. The number of hydrogen-bond donors (Lipinski definition) is 1. The maximum Gasteiger partial charge on any atom is 0.346 e. The van der Waals surface area contributed by atoms with Gasteiger partial charge in [0.15, 0.2) is 0 Å². The molecule has 0 saturated carbocycles. The molecule has 1 aliphatic rings. The smallest absolute Gasteiger partial charge is 0.322 e. The average molecular weight is 295 g/mol. The molecule has 1 N–H and O–H groups in total. The number of benzene rings is 2. The zero-order valence-electron chi connectivity index (χ0n) is 12.5. The van der Waals surface area contributed by atoms with Gasteiger partial charge in [-0.05, 0) is 24.1 Å². The number of urea groups is 1. The molecule has 22 heavy (non-hydrogen) atoms. The van der Waals surface area contributed by atoms with Crippen LogP contribution in [0, 0.1) is 0 Å². The Balaban J connectivity index is 1.94. The van der Waals surface area contributed by atoms with Crippen LogP contribution < -0.4 is 5.32 Å². The van der Waals surface area contributed by atoms with E-state index in [4.69, 9.17) is 0 Å². The molecule has 0 aliphatic carbocycles. The number of nitrogens with zero attached hydrogens (tertiary/aromatic N) is 2. The second-order valence-corrected chi connectivity index (χ2v) is 5.55. The maximum absolute atomic E-state index is 12.3. The molecule has 1 heterocycles. The summed E-state index contributed by atoms with van der Waals surface area (Å²) in [4.78, 5) is 24.2. The van der Waals surface area contributed by atoms with E-state index in [0.717, 1.165) is 21.3 Å². The van der Waals surface area contributed by atoms with Gasteiger partial charge in [-0.2, -0.15) is 5.10 Å². The van der Waals surface area contributed by atoms with E-state index in [0.29, 0.717) is 6.42 Å². The van der Waals surface area contributed by atoms with Gasteiger partial charge in [0.05, 0.1) is 6.21 Å². The van der Waals surface area contributed by atoms with Crippen molar-refractivity contribution in [2.24, 2.45) is 5.10 Å². The Morgan fingerprint density at radius 3 is 2.64 bits per heavy atom. The van der Waals surface area contributed by atoms with E-state index in [1.807, 2.05) is 49.4 Å². The van der Waals surface area contributed by atoms with Gasteiger partial charge in [0, 0.05) is 5.56 Å². The molecule has 5 nitrogen and oxygen atoms in total. The number of carbonyl (C=O) groups is 2. The van der Waals surface area contributed by atoms with Gasteiger partial charge in [0.25, 0.3) is 5.91 Å².